The van der Waals surface area contributed by atoms with E-state index >= 15 is 0 Å². The first-order valence-corrected chi connectivity index (χ1v) is 13.0. The molecule has 192 valence electrons. The van der Waals surface area contributed by atoms with E-state index in [9.17, 15) is 0 Å². The van der Waals surface area contributed by atoms with Gasteiger partial charge in [-0.2, -0.15) is 15.0 Å². The average Bonchev–Trinajstić information content (AvgIpc) is 2.91. The molecule has 0 saturated carbocycles. The predicted molar refractivity (Wildman–Crippen MR) is 157 cm³/mol. The van der Waals surface area contributed by atoms with Crippen LogP contribution >= 0.6 is 11.6 Å². The molecule has 38 heavy (non-hydrogen) atoms. The maximum atomic E-state index is 6.12. The van der Waals surface area contributed by atoms with Gasteiger partial charge in [-0.15, -0.1) is 0 Å². The molecule has 2 heterocycles. The highest BCUT2D eigenvalue weighted by Gasteiger charge is 2.09. The molecule has 0 amide bonds. The van der Waals surface area contributed by atoms with E-state index in [2.05, 4.69) is 55.1 Å². The Balaban J connectivity index is 1.33. The molecular weight excluding hydrogens is 496 g/mol. The molecule has 0 atom stereocenters. The summed E-state index contributed by atoms with van der Waals surface area (Å²) < 4.78 is 0. The molecule has 0 aliphatic heterocycles. The number of nitrogens with one attached hydrogen (secondary N) is 4. The Labute approximate surface area is 226 Å². The van der Waals surface area contributed by atoms with Gasteiger partial charge in [0.05, 0.1) is 5.52 Å². The fourth-order valence-electron chi connectivity index (χ4n) is 3.86. The van der Waals surface area contributed by atoms with Gasteiger partial charge in [0.25, 0.3) is 0 Å². The highest BCUT2D eigenvalue weighted by Crippen LogP contribution is 2.28. The van der Waals surface area contributed by atoms with Crippen molar-refractivity contribution in [2.75, 3.05) is 27.8 Å². The van der Waals surface area contributed by atoms with Crippen molar-refractivity contribution >= 4 is 63.1 Å². The van der Waals surface area contributed by atoms with Gasteiger partial charge in [-0.3, -0.25) is 4.98 Å². The minimum Gasteiger partial charge on any atom is -0.355 e. The number of pyridine rings is 1. The minimum atomic E-state index is 0.450. The standard InChI is InChI=1S/C29H29ClN8/c1-3-4-16-32-27-36-28(34-22-8-5-19(2)6-9-22)38-29(37-27)35-23-12-10-21(11-13-23)33-25-15-17-31-26-18-20(30)7-14-24(25)26/h5-15,17-18H,3-4,16H2,1-2H3,(H,31,33)(H3,32,34,35,36,37,38). The third-order valence-corrected chi connectivity index (χ3v) is 6.12. The van der Waals surface area contributed by atoms with Crippen molar-refractivity contribution in [2.45, 2.75) is 26.7 Å². The van der Waals surface area contributed by atoms with Crippen molar-refractivity contribution in [3.05, 3.63) is 89.6 Å². The summed E-state index contributed by atoms with van der Waals surface area (Å²) in [5.41, 5.74) is 5.70. The molecule has 0 spiro atoms. The topological polar surface area (TPSA) is 99.7 Å². The zero-order valence-electron chi connectivity index (χ0n) is 21.3. The van der Waals surface area contributed by atoms with E-state index in [0.717, 1.165) is 53.0 Å². The number of rotatable bonds is 10. The first-order chi connectivity index (χ1) is 18.6. The first-order valence-electron chi connectivity index (χ1n) is 12.6. The van der Waals surface area contributed by atoms with E-state index in [0.29, 0.717) is 22.9 Å². The quantitative estimate of drug-likeness (QED) is 0.137. The predicted octanol–water partition coefficient (Wildman–Crippen LogP) is 7.82. The van der Waals surface area contributed by atoms with Gasteiger partial charge in [-0.1, -0.05) is 42.6 Å². The lowest BCUT2D eigenvalue weighted by Gasteiger charge is -2.13. The lowest BCUT2D eigenvalue weighted by molar-refractivity contribution is 0.825. The number of aryl methyl sites for hydroxylation is 1. The number of unbranched alkanes of at least 4 members (excludes halogenated alkanes) is 1. The summed E-state index contributed by atoms with van der Waals surface area (Å²) in [7, 11) is 0. The lowest BCUT2D eigenvalue weighted by Crippen LogP contribution is -2.10. The molecule has 8 nitrogen and oxygen atoms in total. The van der Waals surface area contributed by atoms with Gasteiger partial charge >= 0.3 is 0 Å². The molecule has 2 aromatic heterocycles. The van der Waals surface area contributed by atoms with E-state index in [1.807, 2.05) is 72.8 Å². The van der Waals surface area contributed by atoms with Crippen molar-refractivity contribution in [1.82, 2.24) is 19.9 Å². The van der Waals surface area contributed by atoms with Crippen LogP contribution in [-0.4, -0.2) is 26.5 Å². The molecule has 0 radical (unpaired) electrons. The summed E-state index contributed by atoms with van der Waals surface area (Å²) in [5, 5.41) is 15.0. The van der Waals surface area contributed by atoms with Crippen molar-refractivity contribution in [1.29, 1.82) is 0 Å². The summed E-state index contributed by atoms with van der Waals surface area (Å²) in [6, 6.07) is 23.7. The van der Waals surface area contributed by atoms with Crippen LogP contribution in [0.25, 0.3) is 10.9 Å². The van der Waals surface area contributed by atoms with Gasteiger partial charge in [0.1, 0.15) is 0 Å². The molecule has 0 aliphatic rings. The summed E-state index contributed by atoms with van der Waals surface area (Å²) in [4.78, 5) is 18.1. The summed E-state index contributed by atoms with van der Waals surface area (Å²) in [6.45, 7) is 5.00. The van der Waals surface area contributed by atoms with Crippen LogP contribution in [0.1, 0.15) is 25.3 Å². The molecule has 0 aliphatic carbocycles. The highest BCUT2D eigenvalue weighted by atomic mass is 35.5. The Morgan fingerprint density at radius 2 is 1.32 bits per heavy atom. The van der Waals surface area contributed by atoms with Crippen molar-refractivity contribution < 1.29 is 0 Å². The van der Waals surface area contributed by atoms with Gasteiger partial charge in [0.15, 0.2) is 0 Å². The second kappa shape index (κ2) is 11.7. The van der Waals surface area contributed by atoms with Gasteiger partial charge < -0.3 is 21.3 Å². The number of benzene rings is 3. The fraction of sp³-hybridized carbons (Fsp3) is 0.172. The van der Waals surface area contributed by atoms with Crippen molar-refractivity contribution in [3.8, 4) is 0 Å². The highest BCUT2D eigenvalue weighted by molar-refractivity contribution is 6.31. The zero-order chi connectivity index (χ0) is 26.3. The summed E-state index contributed by atoms with van der Waals surface area (Å²) >= 11 is 6.12. The van der Waals surface area contributed by atoms with Crippen LogP contribution in [-0.2, 0) is 0 Å². The molecular formula is C29H29ClN8. The zero-order valence-corrected chi connectivity index (χ0v) is 22.0. The smallest absolute Gasteiger partial charge is 0.233 e. The maximum Gasteiger partial charge on any atom is 0.233 e. The van der Waals surface area contributed by atoms with Crippen LogP contribution in [0.4, 0.5) is 40.6 Å². The van der Waals surface area contributed by atoms with Crippen LogP contribution in [0.2, 0.25) is 5.02 Å². The second-order valence-electron chi connectivity index (χ2n) is 8.92. The number of halogens is 1. The number of fused-ring (bicyclic) bond motifs is 1. The van der Waals surface area contributed by atoms with Crippen LogP contribution in [0.5, 0.6) is 0 Å². The van der Waals surface area contributed by atoms with Crippen LogP contribution in [0.3, 0.4) is 0 Å². The number of aromatic nitrogens is 4. The summed E-state index contributed by atoms with van der Waals surface area (Å²) in [6.07, 6.45) is 3.89. The van der Waals surface area contributed by atoms with E-state index in [-0.39, 0.29) is 0 Å². The van der Waals surface area contributed by atoms with Crippen molar-refractivity contribution in [2.24, 2.45) is 0 Å². The van der Waals surface area contributed by atoms with E-state index in [4.69, 9.17) is 11.6 Å². The average molecular weight is 525 g/mol. The van der Waals surface area contributed by atoms with E-state index in [1.165, 1.54) is 5.56 Å². The molecule has 4 N–H and O–H groups in total. The Morgan fingerprint density at radius 3 is 1.97 bits per heavy atom. The van der Waals surface area contributed by atoms with Gasteiger partial charge in [0.2, 0.25) is 17.8 Å². The fourth-order valence-corrected chi connectivity index (χ4v) is 4.03. The van der Waals surface area contributed by atoms with Crippen LogP contribution < -0.4 is 21.3 Å². The Bertz CT molecular complexity index is 1520. The molecule has 5 rings (SSSR count). The normalized spacial score (nSPS) is 10.8. The Hall–Kier alpha value is -4.43. The SMILES string of the molecule is CCCCNc1nc(Nc2ccc(C)cc2)nc(Nc2ccc(Nc3ccnc4cc(Cl)ccc34)cc2)n1. The largest absolute Gasteiger partial charge is 0.355 e. The van der Waals surface area contributed by atoms with E-state index in [1.54, 1.807) is 6.20 Å². The van der Waals surface area contributed by atoms with Crippen molar-refractivity contribution in [3.63, 3.8) is 0 Å². The number of hydrogen-bond acceptors (Lipinski definition) is 8. The number of anilines is 7. The molecule has 3 aromatic carbocycles. The molecule has 5 aromatic rings. The first kappa shape index (κ1) is 25.2. The monoisotopic (exact) mass is 524 g/mol. The number of hydrogen-bond donors (Lipinski definition) is 4. The third kappa shape index (κ3) is 6.46. The maximum absolute atomic E-state index is 6.12. The Kier molecular flexibility index (Phi) is 7.80. The van der Waals surface area contributed by atoms with Gasteiger partial charge in [-0.25, -0.2) is 0 Å². The molecule has 0 unspecified atom stereocenters. The van der Waals surface area contributed by atoms with Gasteiger partial charge in [0, 0.05) is 45.9 Å². The molecule has 0 saturated heterocycles. The van der Waals surface area contributed by atoms with Crippen LogP contribution in [0, 0.1) is 6.92 Å². The second-order valence-corrected chi connectivity index (χ2v) is 9.36. The van der Waals surface area contributed by atoms with Crippen LogP contribution in [0.15, 0.2) is 79.0 Å². The number of nitrogens with zero attached hydrogens (tertiary/aromatic N) is 4. The molecule has 0 bridgehead atoms. The molecule has 9 heteroatoms. The van der Waals surface area contributed by atoms with E-state index < -0.39 is 0 Å². The summed E-state index contributed by atoms with van der Waals surface area (Å²) in [5.74, 6) is 1.44. The Morgan fingerprint density at radius 1 is 0.711 bits per heavy atom. The minimum absolute atomic E-state index is 0.450. The molecule has 0 fully saturated rings. The third-order valence-electron chi connectivity index (χ3n) is 5.88. The van der Waals surface area contributed by atoms with Gasteiger partial charge in [-0.05, 0) is 74.0 Å². The lowest BCUT2D eigenvalue weighted by atomic mass is 10.2.